The Labute approximate surface area is 185 Å². The summed E-state index contributed by atoms with van der Waals surface area (Å²) in [5.74, 6) is 1.83. The lowest BCUT2D eigenvalue weighted by Gasteiger charge is -2.23. The number of benzene rings is 1. The number of ether oxygens (including phenoxy) is 1. The van der Waals surface area contributed by atoms with Crippen LogP contribution in [0, 0.1) is 12.8 Å². The molecule has 0 aliphatic rings. The molecule has 0 spiro atoms. The van der Waals surface area contributed by atoms with Gasteiger partial charge in [-0.2, -0.15) is 4.52 Å². The Bertz CT molecular complexity index is 1010. The zero-order chi connectivity index (χ0) is 21.9. The molecule has 1 N–H and O–H groups in total. The molecule has 30 heavy (non-hydrogen) atoms. The van der Waals surface area contributed by atoms with Crippen LogP contribution in [0.15, 0.2) is 28.6 Å². The van der Waals surface area contributed by atoms with Gasteiger partial charge in [-0.1, -0.05) is 61.2 Å². The summed E-state index contributed by atoms with van der Waals surface area (Å²) in [7, 11) is 0. The van der Waals surface area contributed by atoms with Gasteiger partial charge in [0.15, 0.2) is 10.2 Å². The molecule has 0 radical (unpaired) electrons. The number of hydrogen-bond donors (Lipinski definition) is 1. The summed E-state index contributed by atoms with van der Waals surface area (Å²) in [5.41, 5.74) is 2.00. The van der Waals surface area contributed by atoms with Crippen LogP contribution < -0.4 is 5.32 Å². The third kappa shape index (κ3) is 5.95. The van der Waals surface area contributed by atoms with Crippen LogP contribution >= 0.6 is 23.1 Å². The number of rotatable bonds is 7. The highest BCUT2D eigenvalue weighted by atomic mass is 32.2. The minimum absolute atomic E-state index is 0.328. The van der Waals surface area contributed by atoms with Crippen molar-refractivity contribution < 1.29 is 9.53 Å². The highest BCUT2D eigenvalue weighted by Crippen LogP contribution is 2.30. The lowest BCUT2D eigenvalue weighted by Crippen LogP contribution is -2.36. The first-order valence-corrected chi connectivity index (χ1v) is 11.8. The standard InChI is InChI=1S/C21H29N5O2S2/c1-13(2)11-16(22-19(27)28-21(4,5)6)17-23-24-18-26(17)25-20(30-18)29-12-15-10-8-7-9-14(15)3/h7-10,13,16H,11-12H2,1-6H3,(H,22,27). The number of thioether (sulfide) groups is 1. The predicted octanol–water partition coefficient (Wildman–Crippen LogP) is 5.40. The average Bonchev–Trinajstić information content (AvgIpc) is 3.18. The van der Waals surface area contributed by atoms with Crippen LogP contribution in [-0.4, -0.2) is 31.5 Å². The fourth-order valence-corrected chi connectivity index (χ4v) is 4.91. The number of alkyl carbamates (subject to hydrolysis) is 1. The zero-order valence-electron chi connectivity index (χ0n) is 18.3. The lowest BCUT2D eigenvalue weighted by atomic mass is 10.0. The van der Waals surface area contributed by atoms with Crippen molar-refractivity contribution in [2.24, 2.45) is 5.92 Å². The fourth-order valence-electron chi connectivity index (χ4n) is 2.95. The van der Waals surface area contributed by atoms with Crippen molar-refractivity contribution in [2.75, 3.05) is 0 Å². The second-order valence-electron chi connectivity index (χ2n) is 8.66. The Balaban J connectivity index is 1.78. The van der Waals surface area contributed by atoms with Crippen molar-refractivity contribution in [1.82, 2.24) is 25.1 Å². The maximum atomic E-state index is 12.4. The number of nitrogens with zero attached hydrogens (tertiary/aromatic N) is 4. The van der Waals surface area contributed by atoms with Crippen molar-refractivity contribution in [2.45, 2.75) is 69.7 Å². The van der Waals surface area contributed by atoms with Gasteiger partial charge in [0.25, 0.3) is 0 Å². The van der Waals surface area contributed by atoms with Gasteiger partial charge in [0.2, 0.25) is 4.96 Å². The highest BCUT2D eigenvalue weighted by molar-refractivity contribution is 8.00. The first-order chi connectivity index (χ1) is 14.1. The summed E-state index contributed by atoms with van der Waals surface area (Å²) < 4.78 is 8.10. The largest absolute Gasteiger partial charge is 0.444 e. The Kier molecular flexibility index (Phi) is 7.02. The van der Waals surface area contributed by atoms with E-state index in [1.807, 2.05) is 26.8 Å². The molecule has 0 saturated carbocycles. The van der Waals surface area contributed by atoms with E-state index in [-0.39, 0.29) is 6.04 Å². The molecular weight excluding hydrogens is 418 g/mol. The quantitative estimate of drug-likeness (QED) is 0.489. The Morgan fingerprint density at radius 2 is 2.00 bits per heavy atom. The molecule has 1 aromatic carbocycles. The van der Waals surface area contributed by atoms with Gasteiger partial charge in [-0.25, -0.2) is 4.79 Å². The first-order valence-electron chi connectivity index (χ1n) is 10.0. The van der Waals surface area contributed by atoms with Crippen molar-refractivity contribution in [1.29, 1.82) is 0 Å². The van der Waals surface area contributed by atoms with Crippen LogP contribution in [0.4, 0.5) is 4.79 Å². The Morgan fingerprint density at radius 3 is 2.67 bits per heavy atom. The molecule has 0 fully saturated rings. The summed E-state index contributed by atoms with van der Waals surface area (Å²) in [6.45, 7) is 11.9. The number of nitrogens with one attached hydrogen (secondary N) is 1. The summed E-state index contributed by atoms with van der Waals surface area (Å²) in [6.07, 6.45) is 0.248. The van der Waals surface area contributed by atoms with Crippen molar-refractivity contribution >= 4 is 34.2 Å². The molecule has 1 unspecified atom stereocenters. The zero-order valence-corrected chi connectivity index (χ0v) is 19.9. The molecule has 162 valence electrons. The number of aryl methyl sites for hydroxylation is 1. The van der Waals surface area contributed by atoms with Gasteiger partial charge in [-0.05, 0) is 51.2 Å². The molecule has 3 aromatic rings. The molecule has 2 aromatic heterocycles. The molecule has 7 nitrogen and oxygen atoms in total. The molecule has 0 aliphatic heterocycles. The van der Waals surface area contributed by atoms with Crippen LogP contribution in [0.2, 0.25) is 0 Å². The average molecular weight is 448 g/mol. The lowest BCUT2D eigenvalue weighted by molar-refractivity contribution is 0.0494. The van der Waals surface area contributed by atoms with Crippen molar-refractivity contribution in [3.8, 4) is 0 Å². The molecule has 9 heteroatoms. The third-order valence-electron chi connectivity index (χ3n) is 4.32. The molecule has 1 atom stereocenters. The maximum absolute atomic E-state index is 12.4. The molecule has 0 aliphatic carbocycles. The summed E-state index contributed by atoms with van der Waals surface area (Å²) in [4.78, 5) is 13.1. The second-order valence-corrected chi connectivity index (χ2v) is 10.8. The molecule has 2 heterocycles. The molecular formula is C21H29N5O2S2. The van der Waals surface area contributed by atoms with Crippen molar-refractivity contribution in [3.63, 3.8) is 0 Å². The summed E-state index contributed by atoms with van der Waals surface area (Å²) >= 11 is 3.19. The van der Waals surface area contributed by atoms with E-state index in [0.717, 1.165) is 15.1 Å². The van der Waals surface area contributed by atoms with E-state index in [1.165, 1.54) is 22.5 Å². The minimum Gasteiger partial charge on any atom is -0.444 e. The molecule has 3 rings (SSSR count). The third-order valence-corrected chi connectivity index (χ3v) is 6.40. The van der Waals surface area contributed by atoms with Gasteiger partial charge in [0.05, 0.1) is 6.04 Å². The number of aromatic nitrogens is 4. The van der Waals surface area contributed by atoms with Gasteiger partial charge in [0, 0.05) is 5.75 Å². The van der Waals surface area contributed by atoms with Crippen LogP contribution in [0.25, 0.3) is 4.96 Å². The van der Waals surface area contributed by atoms with E-state index in [9.17, 15) is 4.79 Å². The van der Waals surface area contributed by atoms with Gasteiger partial charge in [-0.3, -0.25) is 0 Å². The summed E-state index contributed by atoms with van der Waals surface area (Å²) in [6, 6.07) is 8.03. The minimum atomic E-state index is -0.563. The van der Waals surface area contributed by atoms with E-state index < -0.39 is 11.7 Å². The Hall–Kier alpha value is -2.13. The number of amides is 1. The SMILES string of the molecule is Cc1ccccc1CSc1nn2c(C(CC(C)C)NC(=O)OC(C)(C)C)nnc2s1. The highest BCUT2D eigenvalue weighted by Gasteiger charge is 2.26. The van der Waals surface area contributed by atoms with E-state index in [2.05, 4.69) is 54.5 Å². The molecule has 0 saturated heterocycles. The van der Waals surface area contributed by atoms with Crippen molar-refractivity contribution in [3.05, 3.63) is 41.2 Å². The van der Waals surface area contributed by atoms with Gasteiger partial charge < -0.3 is 10.1 Å². The van der Waals surface area contributed by atoms with E-state index in [1.54, 1.807) is 16.3 Å². The number of carbonyl (C=O) groups excluding carboxylic acids is 1. The topological polar surface area (TPSA) is 81.4 Å². The fraction of sp³-hybridized carbons (Fsp3) is 0.524. The van der Waals surface area contributed by atoms with Crippen LogP contribution in [0.3, 0.4) is 0 Å². The smallest absolute Gasteiger partial charge is 0.408 e. The number of hydrogen-bond acceptors (Lipinski definition) is 7. The Morgan fingerprint density at radius 1 is 1.27 bits per heavy atom. The van der Waals surface area contributed by atoms with Crippen LogP contribution in [0.5, 0.6) is 0 Å². The number of fused-ring (bicyclic) bond motifs is 1. The van der Waals surface area contributed by atoms with E-state index in [4.69, 9.17) is 9.84 Å². The van der Waals surface area contributed by atoms with Crippen LogP contribution in [-0.2, 0) is 10.5 Å². The van der Waals surface area contributed by atoms with Gasteiger partial charge in [-0.15, -0.1) is 15.3 Å². The van der Waals surface area contributed by atoms with Gasteiger partial charge in [0.1, 0.15) is 5.60 Å². The second kappa shape index (κ2) is 9.34. The van der Waals surface area contributed by atoms with Crippen LogP contribution in [0.1, 0.15) is 64.0 Å². The van der Waals surface area contributed by atoms with Gasteiger partial charge >= 0.3 is 6.09 Å². The normalized spacial score (nSPS) is 13.0. The predicted molar refractivity (Wildman–Crippen MR) is 121 cm³/mol. The maximum Gasteiger partial charge on any atom is 0.408 e. The van der Waals surface area contributed by atoms with E-state index >= 15 is 0 Å². The molecule has 0 bridgehead atoms. The van der Waals surface area contributed by atoms with E-state index in [0.29, 0.717) is 18.2 Å². The first kappa shape index (κ1) is 22.6. The number of carbonyl (C=O) groups is 1. The molecule has 1 amide bonds. The summed E-state index contributed by atoms with van der Waals surface area (Å²) in [5, 5.41) is 16.3. The monoisotopic (exact) mass is 447 g/mol.